The summed E-state index contributed by atoms with van der Waals surface area (Å²) in [5, 5.41) is 16.6. The van der Waals surface area contributed by atoms with Crippen LogP contribution in [-0.4, -0.2) is 36.1 Å². The van der Waals surface area contributed by atoms with Gasteiger partial charge in [-0.3, -0.25) is 4.79 Å². The van der Waals surface area contributed by atoms with Gasteiger partial charge in [0.25, 0.3) is 5.91 Å². The number of nitrogens with two attached hydrogens (primary N) is 1. The van der Waals surface area contributed by atoms with Crippen molar-refractivity contribution in [3.8, 4) is 0 Å². The first kappa shape index (κ1) is 14.7. The quantitative estimate of drug-likeness (QED) is 0.665. The Bertz CT molecular complexity index is 560. The van der Waals surface area contributed by atoms with Gasteiger partial charge < -0.3 is 15.0 Å². The largest absolute Gasteiger partial charge is 0.394 e. The van der Waals surface area contributed by atoms with Crippen LogP contribution < -0.4 is 10.5 Å². The minimum Gasteiger partial charge on any atom is -0.394 e. The Hall–Kier alpha value is -1.38. The smallest absolute Gasteiger partial charge is 0.268 e. The number of carbonyl (C=O) groups excluding carboxylic acids is 1. The molecule has 102 valence electrons. The highest BCUT2D eigenvalue weighted by atomic mass is 32.2. The lowest BCUT2D eigenvalue weighted by Crippen LogP contribution is -2.46. The average molecular weight is 275 g/mol. The van der Waals surface area contributed by atoms with E-state index in [0.29, 0.717) is 0 Å². The topological polar surface area (TPSA) is 114 Å². The predicted octanol–water partition coefficient (Wildman–Crippen LogP) is -0.827. The van der Waals surface area contributed by atoms with Crippen molar-refractivity contribution in [3.63, 3.8) is 0 Å². The molecule has 1 amide bonds. The van der Waals surface area contributed by atoms with Gasteiger partial charge in [-0.25, -0.2) is 13.6 Å². The number of hydrogen-bond acceptors (Lipinski definition) is 4. The molecule has 0 unspecified atom stereocenters. The number of rotatable bonds is 4. The molecule has 0 aliphatic carbocycles. The summed E-state index contributed by atoms with van der Waals surface area (Å²) in [5.41, 5.74) is -0.635. The molecule has 18 heavy (non-hydrogen) atoms. The van der Waals surface area contributed by atoms with E-state index in [9.17, 15) is 13.2 Å². The molecule has 0 aliphatic heterocycles. The van der Waals surface area contributed by atoms with Crippen molar-refractivity contribution in [3.05, 3.63) is 18.0 Å². The molecular formula is C10H17N3O4S. The number of aliphatic hydroxyl groups is 1. The van der Waals surface area contributed by atoms with Gasteiger partial charge in [-0.15, -0.1) is 0 Å². The van der Waals surface area contributed by atoms with Crippen LogP contribution in [0.5, 0.6) is 0 Å². The molecule has 0 radical (unpaired) electrons. The molecule has 0 atom stereocenters. The van der Waals surface area contributed by atoms with Crippen LogP contribution in [0.15, 0.2) is 17.2 Å². The molecule has 1 aromatic heterocycles. The van der Waals surface area contributed by atoms with Crippen molar-refractivity contribution in [1.29, 1.82) is 0 Å². The second-order valence-electron chi connectivity index (χ2n) is 4.71. The van der Waals surface area contributed by atoms with E-state index in [1.165, 1.54) is 23.9 Å². The second kappa shape index (κ2) is 4.71. The summed E-state index contributed by atoms with van der Waals surface area (Å²) >= 11 is 0. The Morgan fingerprint density at radius 3 is 2.50 bits per heavy atom. The lowest BCUT2D eigenvalue weighted by molar-refractivity contribution is 0.0861. The van der Waals surface area contributed by atoms with Crippen LogP contribution >= 0.6 is 0 Å². The average Bonchev–Trinajstić information content (AvgIpc) is 2.59. The van der Waals surface area contributed by atoms with E-state index in [2.05, 4.69) is 5.32 Å². The zero-order valence-electron chi connectivity index (χ0n) is 10.5. The molecule has 0 saturated heterocycles. The van der Waals surface area contributed by atoms with Crippen molar-refractivity contribution < 1.29 is 18.3 Å². The number of nitrogens with zero attached hydrogens (tertiary/aromatic N) is 1. The zero-order valence-corrected chi connectivity index (χ0v) is 11.3. The lowest BCUT2D eigenvalue weighted by Gasteiger charge is -2.23. The van der Waals surface area contributed by atoms with Gasteiger partial charge in [-0.2, -0.15) is 0 Å². The van der Waals surface area contributed by atoms with E-state index < -0.39 is 21.5 Å². The SMILES string of the molecule is Cn1cc(S(N)(=O)=O)cc1C(=O)NC(C)(C)CO. The van der Waals surface area contributed by atoms with Crippen LogP contribution in [0.2, 0.25) is 0 Å². The van der Waals surface area contributed by atoms with Crippen LogP contribution in [0.3, 0.4) is 0 Å². The van der Waals surface area contributed by atoms with E-state index in [-0.39, 0.29) is 17.2 Å². The van der Waals surface area contributed by atoms with Gasteiger partial charge in [0, 0.05) is 13.2 Å². The van der Waals surface area contributed by atoms with E-state index in [1.807, 2.05) is 0 Å². The summed E-state index contributed by atoms with van der Waals surface area (Å²) in [6.07, 6.45) is 1.26. The lowest BCUT2D eigenvalue weighted by atomic mass is 10.1. The van der Waals surface area contributed by atoms with E-state index in [0.717, 1.165) is 0 Å². The Kier molecular flexibility index (Phi) is 3.84. The Morgan fingerprint density at radius 2 is 2.11 bits per heavy atom. The molecule has 7 nitrogen and oxygen atoms in total. The number of aliphatic hydroxyl groups excluding tert-OH is 1. The zero-order chi connectivity index (χ0) is 14.1. The maximum absolute atomic E-state index is 11.9. The molecule has 0 bridgehead atoms. The monoisotopic (exact) mass is 275 g/mol. The van der Waals surface area contributed by atoms with Gasteiger partial charge in [0.1, 0.15) is 10.6 Å². The highest BCUT2D eigenvalue weighted by molar-refractivity contribution is 7.89. The van der Waals surface area contributed by atoms with Crippen molar-refractivity contribution in [1.82, 2.24) is 9.88 Å². The highest BCUT2D eigenvalue weighted by Crippen LogP contribution is 2.13. The van der Waals surface area contributed by atoms with Crippen LogP contribution in [0.4, 0.5) is 0 Å². The molecule has 0 aliphatic rings. The van der Waals surface area contributed by atoms with Crippen molar-refractivity contribution >= 4 is 15.9 Å². The van der Waals surface area contributed by atoms with Gasteiger partial charge in [-0.05, 0) is 19.9 Å². The summed E-state index contributed by atoms with van der Waals surface area (Å²) in [6, 6.07) is 1.19. The number of aryl methyl sites for hydroxylation is 1. The van der Waals surface area contributed by atoms with Crippen molar-refractivity contribution in [2.75, 3.05) is 6.61 Å². The minimum absolute atomic E-state index is 0.128. The number of primary sulfonamides is 1. The standard InChI is InChI=1S/C10H17N3O4S/c1-10(2,6-14)12-9(15)8-4-7(5-13(8)3)18(11,16)17/h4-5,14H,6H2,1-3H3,(H,12,15)(H2,11,16,17). The fraction of sp³-hybridized carbons (Fsp3) is 0.500. The van der Waals surface area contributed by atoms with Crippen LogP contribution in [-0.2, 0) is 17.1 Å². The van der Waals surface area contributed by atoms with Crippen molar-refractivity contribution in [2.45, 2.75) is 24.3 Å². The molecule has 8 heteroatoms. The van der Waals surface area contributed by atoms with Crippen LogP contribution in [0.25, 0.3) is 0 Å². The summed E-state index contributed by atoms with van der Waals surface area (Å²) < 4.78 is 23.7. The maximum atomic E-state index is 11.9. The minimum atomic E-state index is -3.84. The molecule has 0 aromatic carbocycles. The third-order valence-corrected chi connectivity index (χ3v) is 3.27. The summed E-state index contributed by atoms with van der Waals surface area (Å²) in [7, 11) is -2.30. The molecular weight excluding hydrogens is 258 g/mol. The molecule has 1 heterocycles. The van der Waals surface area contributed by atoms with Gasteiger partial charge in [0.2, 0.25) is 10.0 Å². The number of sulfonamides is 1. The molecule has 4 N–H and O–H groups in total. The highest BCUT2D eigenvalue weighted by Gasteiger charge is 2.23. The normalized spacial score (nSPS) is 12.5. The summed E-state index contributed by atoms with van der Waals surface area (Å²) in [5.74, 6) is -0.480. The first-order chi connectivity index (χ1) is 8.07. The first-order valence-electron chi connectivity index (χ1n) is 5.19. The third-order valence-electron chi connectivity index (χ3n) is 2.39. The fourth-order valence-electron chi connectivity index (χ4n) is 1.33. The number of hydrogen-bond donors (Lipinski definition) is 3. The Balaban J connectivity index is 3.05. The van der Waals surface area contributed by atoms with Gasteiger partial charge >= 0.3 is 0 Å². The molecule has 0 fully saturated rings. The van der Waals surface area contributed by atoms with E-state index in [4.69, 9.17) is 10.2 Å². The van der Waals surface area contributed by atoms with E-state index >= 15 is 0 Å². The van der Waals surface area contributed by atoms with Crippen LogP contribution in [0, 0.1) is 0 Å². The van der Waals surface area contributed by atoms with Gasteiger partial charge in [0.05, 0.1) is 12.1 Å². The maximum Gasteiger partial charge on any atom is 0.268 e. The predicted molar refractivity (Wildman–Crippen MR) is 65.4 cm³/mol. The Morgan fingerprint density at radius 1 is 1.56 bits per heavy atom. The van der Waals surface area contributed by atoms with Crippen LogP contribution in [0.1, 0.15) is 24.3 Å². The van der Waals surface area contributed by atoms with E-state index in [1.54, 1.807) is 13.8 Å². The number of amides is 1. The molecule has 1 rings (SSSR count). The molecule has 0 spiro atoms. The molecule has 0 saturated carbocycles. The second-order valence-corrected chi connectivity index (χ2v) is 6.27. The first-order valence-corrected chi connectivity index (χ1v) is 6.74. The summed E-state index contributed by atoms with van der Waals surface area (Å²) in [4.78, 5) is 11.8. The third kappa shape index (κ3) is 3.31. The summed E-state index contributed by atoms with van der Waals surface area (Å²) in [6.45, 7) is 3.06. The number of aromatic nitrogens is 1. The van der Waals surface area contributed by atoms with Gasteiger partial charge in [-0.1, -0.05) is 0 Å². The van der Waals surface area contributed by atoms with Crippen molar-refractivity contribution in [2.24, 2.45) is 12.2 Å². The number of carbonyl (C=O) groups is 1. The van der Waals surface area contributed by atoms with Gasteiger partial charge in [0.15, 0.2) is 0 Å². The Labute approximate surface area is 106 Å². The molecule has 1 aromatic rings. The number of nitrogens with one attached hydrogen (secondary N) is 1. The fourth-order valence-corrected chi connectivity index (χ4v) is 1.91.